The molecule has 0 aliphatic heterocycles. The molecule has 2 aromatic rings. The molecule has 0 aliphatic rings. The van der Waals surface area contributed by atoms with Crippen molar-refractivity contribution in [1.82, 2.24) is 0 Å². The standard InChI is InChI=1S/C16H16N2O/c1-19-16-8-3-2-6-14(16)9-10-18-15-7-4-5-13(11-15)12-17/h2-8,11,18H,9-10H2,1H3. The van der Waals surface area contributed by atoms with Gasteiger partial charge in [0.25, 0.3) is 0 Å². The first-order valence-corrected chi connectivity index (χ1v) is 6.19. The summed E-state index contributed by atoms with van der Waals surface area (Å²) in [6.07, 6.45) is 0.876. The van der Waals surface area contributed by atoms with Gasteiger partial charge in [-0.05, 0) is 36.2 Å². The Morgan fingerprint density at radius 1 is 1.16 bits per heavy atom. The van der Waals surface area contributed by atoms with Crippen LogP contribution in [0, 0.1) is 11.3 Å². The van der Waals surface area contributed by atoms with Crippen LogP contribution in [-0.4, -0.2) is 13.7 Å². The van der Waals surface area contributed by atoms with E-state index in [1.807, 2.05) is 36.4 Å². The number of methoxy groups -OCH3 is 1. The van der Waals surface area contributed by atoms with Gasteiger partial charge in [-0.2, -0.15) is 5.26 Å². The van der Waals surface area contributed by atoms with Gasteiger partial charge in [-0.15, -0.1) is 0 Å². The Kier molecular flexibility index (Phi) is 4.41. The van der Waals surface area contributed by atoms with Crippen molar-refractivity contribution in [2.24, 2.45) is 0 Å². The summed E-state index contributed by atoms with van der Waals surface area (Å²) in [4.78, 5) is 0. The van der Waals surface area contributed by atoms with Gasteiger partial charge in [0.1, 0.15) is 5.75 Å². The number of anilines is 1. The van der Waals surface area contributed by atoms with E-state index < -0.39 is 0 Å². The molecule has 3 nitrogen and oxygen atoms in total. The monoisotopic (exact) mass is 252 g/mol. The minimum atomic E-state index is 0.669. The summed E-state index contributed by atoms with van der Waals surface area (Å²) in [5.41, 5.74) is 2.81. The van der Waals surface area contributed by atoms with Gasteiger partial charge < -0.3 is 10.1 Å². The van der Waals surface area contributed by atoms with E-state index in [0.717, 1.165) is 24.4 Å². The summed E-state index contributed by atoms with van der Waals surface area (Å²) < 4.78 is 5.31. The Bertz CT molecular complexity index is 587. The summed E-state index contributed by atoms with van der Waals surface area (Å²) in [5, 5.41) is 12.2. The van der Waals surface area contributed by atoms with Crippen LogP contribution < -0.4 is 10.1 Å². The van der Waals surface area contributed by atoms with E-state index in [2.05, 4.69) is 17.5 Å². The summed E-state index contributed by atoms with van der Waals surface area (Å²) in [6.45, 7) is 0.801. The first kappa shape index (κ1) is 13.0. The predicted octanol–water partition coefficient (Wildman–Crippen LogP) is 3.22. The Labute approximate surface area is 113 Å². The normalized spacial score (nSPS) is 9.68. The molecular weight excluding hydrogens is 236 g/mol. The van der Waals surface area contributed by atoms with Crippen LogP contribution in [0.4, 0.5) is 5.69 Å². The first-order chi connectivity index (χ1) is 9.33. The second kappa shape index (κ2) is 6.46. The molecule has 19 heavy (non-hydrogen) atoms. The van der Waals surface area contributed by atoms with Gasteiger partial charge in [0.2, 0.25) is 0 Å². The van der Waals surface area contributed by atoms with Crippen LogP contribution in [0.2, 0.25) is 0 Å². The smallest absolute Gasteiger partial charge is 0.122 e. The number of hydrogen-bond donors (Lipinski definition) is 1. The maximum absolute atomic E-state index is 8.84. The van der Waals surface area contributed by atoms with Gasteiger partial charge >= 0.3 is 0 Å². The second-order valence-corrected chi connectivity index (χ2v) is 4.18. The molecule has 0 saturated heterocycles. The number of nitrogens with one attached hydrogen (secondary N) is 1. The topological polar surface area (TPSA) is 45.0 Å². The van der Waals surface area contributed by atoms with Gasteiger partial charge in [-0.25, -0.2) is 0 Å². The zero-order chi connectivity index (χ0) is 13.5. The first-order valence-electron chi connectivity index (χ1n) is 6.19. The highest BCUT2D eigenvalue weighted by Crippen LogP contribution is 2.18. The van der Waals surface area contributed by atoms with Crippen LogP contribution in [0.25, 0.3) is 0 Å². The number of nitriles is 1. The third kappa shape index (κ3) is 3.49. The summed E-state index contributed by atoms with van der Waals surface area (Å²) in [6, 6.07) is 17.6. The minimum absolute atomic E-state index is 0.669. The van der Waals surface area contributed by atoms with Crippen molar-refractivity contribution in [3.8, 4) is 11.8 Å². The zero-order valence-corrected chi connectivity index (χ0v) is 10.9. The van der Waals surface area contributed by atoms with Crippen molar-refractivity contribution in [3.05, 3.63) is 59.7 Å². The lowest BCUT2D eigenvalue weighted by molar-refractivity contribution is 0.410. The van der Waals surface area contributed by atoms with E-state index in [1.165, 1.54) is 5.56 Å². The van der Waals surface area contributed by atoms with Crippen molar-refractivity contribution >= 4 is 5.69 Å². The van der Waals surface area contributed by atoms with Crippen molar-refractivity contribution in [2.45, 2.75) is 6.42 Å². The van der Waals surface area contributed by atoms with E-state index in [1.54, 1.807) is 13.2 Å². The van der Waals surface area contributed by atoms with Gasteiger partial charge in [-0.1, -0.05) is 24.3 Å². The van der Waals surface area contributed by atoms with Crippen LogP contribution in [0.5, 0.6) is 5.75 Å². The van der Waals surface area contributed by atoms with Crippen LogP contribution in [0.15, 0.2) is 48.5 Å². The molecule has 0 atom stereocenters. The molecule has 0 bridgehead atoms. The van der Waals surface area contributed by atoms with Crippen molar-refractivity contribution in [1.29, 1.82) is 5.26 Å². The van der Waals surface area contributed by atoms with Gasteiger partial charge in [0.05, 0.1) is 18.7 Å². The van der Waals surface area contributed by atoms with Gasteiger partial charge in [0.15, 0.2) is 0 Å². The molecular formula is C16H16N2O. The molecule has 0 aliphatic carbocycles. The van der Waals surface area contributed by atoms with Crippen molar-refractivity contribution in [2.75, 3.05) is 19.0 Å². The molecule has 0 aromatic heterocycles. The number of benzene rings is 2. The SMILES string of the molecule is COc1ccccc1CCNc1cccc(C#N)c1. The van der Waals surface area contributed by atoms with Gasteiger partial charge in [0, 0.05) is 12.2 Å². The average Bonchev–Trinajstić information content (AvgIpc) is 2.48. The Hall–Kier alpha value is -2.47. The number of rotatable bonds is 5. The molecule has 0 heterocycles. The molecule has 0 spiro atoms. The maximum Gasteiger partial charge on any atom is 0.122 e. The van der Waals surface area contributed by atoms with E-state index in [0.29, 0.717) is 5.56 Å². The maximum atomic E-state index is 8.84. The van der Waals surface area contributed by atoms with E-state index >= 15 is 0 Å². The van der Waals surface area contributed by atoms with Crippen molar-refractivity contribution < 1.29 is 4.74 Å². The molecule has 0 radical (unpaired) electrons. The highest BCUT2D eigenvalue weighted by Gasteiger charge is 2.01. The third-order valence-electron chi connectivity index (χ3n) is 2.91. The van der Waals surface area contributed by atoms with Gasteiger partial charge in [-0.3, -0.25) is 0 Å². The molecule has 0 amide bonds. The Morgan fingerprint density at radius 3 is 2.79 bits per heavy atom. The lowest BCUT2D eigenvalue weighted by Gasteiger charge is -2.09. The number of hydrogen-bond acceptors (Lipinski definition) is 3. The molecule has 2 rings (SSSR count). The highest BCUT2D eigenvalue weighted by molar-refractivity contribution is 5.49. The second-order valence-electron chi connectivity index (χ2n) is 4.18. The third-order valence-corrected chi connectivity index (χ3v) is 2.91. The number of ether oxygens (including phenoxy) is 1. The number of nitrogens with zero attached hydrogens (tertiary/aromatic N) is 1. The Balaban J connectivity index is 1.94. The lowest BCUT2D eigenvalue weighted by Crippen LogP contribution is -2.05. The van der Waals surface area contributed by atoms with E-state index in [-0.39, 0.29) is 0 Å². The van der Waals surface area contributed by atoms with E-state index in [9.17, 15) is 0 Å². The fourth-order valence-electron chi connectivity index (χ4n) is 1.95. The minimum Gasteiger partial charge on any atom is -0.496 e. The molecule has 1 N–H and O–H groups in total. The Morgan fingerprint density at radius 2 is 2.00 bits per heavy atom. The molecule has 2 aromatic carbocycles. The summed E-state index contributed by atoms with van der Waals surface area (Å²) >= 11 is 0. The van der Waals surface area contributed by atoms with Crippen LogP contribution in [0.1, 0.15) is 11.1 Å². The molecule has 0 unspecified atom stereocenters. The lowest BCUT2D eigenvalue weighted by atomic mass is 10.1. The molecule has 0 fully saturated rings. The predicted molar refractivity (Wildman–Crippen MR) is 76.3 cm³/mol. The quantitative estimate of drug-likeness (QED) is 0.888. The average molecular weight is 252 g/mol. The fourth-order valence-corrected chi connectivity index (χ4v) is 1.95. The summed E-state index contributed by atoms with van der Waals surface area (Å²) in [7, 11) is 1.68. The highest BCUT2D eigenvalue weighted by atomic mass is 16.5. The van der Waals surface area contributed by atoms with Crippen LogP contribution in [-0.2, 0) is 6.42 Å². The largest absolute Gasteiger partial charge is 0.496 e. The zero-order valence-electron chi connectivity index (χ0n) is 10.9. The van der Waals surface area contributed by atoms with E-state index in [4.69, 9.17) is 10.00 Å². The molecule has 3 heteroatoms. The van der Waals surface area contributed by atoms with Crippen molar-refractivity contribution in [3.63, 3.8) is 0 Å². The van der Waals surface area contributed by atoms with Crippen LogP contribution >= 0.6 is 0 Å². The molecule has 96 valence electrons. The molecule has 0 saturated carbocycles. The number of para-hydroxylation sites is 1. The van der Waals surface area contributed by atoms with Crippen LogP contribution in [0.3, 0.4) is 0 Å². The summed E-state index contributed by atoms with van der Waals surface area (Å²) in [5.74, 6) is 0.912. The fraction of sp³-hybridized carbons (Fsp3) is 0.188.